The molecule has 0 N–H and O–H groups in total. The van der Waals surface area contributed by atoms with E-state index in [9.17, 15) is 4.21 Å². The number of aryl methyl sites for hydroxylation is 1. The van der Waals surface area contributed by atoms with Gasteiger partial charge in [-0.05, 0) is 35.3 Å². The molecule has 0 radical (unpaired) electrons. The first-order chi connectivity index (χ1) is 5.65. The van der Waals surface area contributed by atoms with Crippen LogP contribution in [0.3, 0.4) is 0 Å². The van der Waals surface area contributed by atoms with Crippen LogP contribution in [0, 0.1) is 18.3 Å². The highest BCUT2D eigenvalue weighted by Crippen LogP contribution is 2.16. The molecule has 62 valence electrons. The molecule has 2 nitrogen and oxygen atoms in total. The molecule has 1 aromatic rings. The molecule has 1 atom stereocenters. The lowest BCUT2D eigenvalue weighted by atomic mass is 10.2. The molecule has 4 heteroatoms. The quantitative estimate of drug-likeness (QED) is 0.651. The van der Waals surface area contributed by atoms with E-state index in [0.717, 1.165) is 5.56 Å². The Morgan fingerprint density at radius 1 is 1.58 bits per heavy atom. The summed E-state index contributed by atoms with van der Waals surface area (Å²) in [7, 11) is 3.87. The van der Waals surface area contributed by atoms with Crippen LogP contribution in [0.4, 0.5) is 0 Å². The molecule has 0 aliphatic heterocycles. The van der Waals surface area contributed by atoms with E-state index in [1.54, 1.807) is 25.1 Å². The number of hydrogen-bond donors (Lipinski definition) is 0. The zero-order valence-electron chi connectivity index (χ0n) is 6.37. The summed E-state index contributed by atoms with van der Waals surface area (Å²) in [4.78, 5) is 0.510. The Bertz CT molecular complexity index is 370. The van der Waals surface area contributed by atoms with Crippen molar-refractivity contribution in [2.75, 3.05) is 0 Å². The lowest BCUT2D eigenvalue weighted by Crippen LogP contribution is -1.88. The second kappa shape index (κ2) is 3.70. The van der Waals surface area contributed by atoms with E-state index >= 15 is 0 Å². The van der Waals surface area contributed by atoms with Crippen LogP contribution in [-0.2, 0) is 10.0 Å². The molecule has 1 aromatic carbocycles. The second-order valence-electron chi connectivity index (χ2n) is 2.32. The number of benzene rings is 1. The fraction of sp³-hybridized carbons (Fsp3) is 0.125. The first-order valence-electron chi connectivity index (χ1n) is 3.24. The average Bonchev–Trinajstić information content (AvgIpc) is 2.05. The molecular formula is C8H6ClNOS. The largest absolute Gasteiger partial charge is 0.237 e. The van der Waals surface area contributed by atoms with Gasteiger partial charge in [-0.15, -0.1) is 0 Å². The van der Waals surface area contributed by atoms with Gasteiger partial charge in [0.15, 0.2) is 0 Å². The van der Waals surface area contributed by atoms with Crippen LogP contribution >= 0.6 is 10.7 Å². The summed E-state index contributed by atoms with van der Waals surface area (Å²) in [6, 6.07) is 6.90. The predicted octanol–water partition coefficient (Wildman–Crippen LogP) is 2.13. The summed E-state index contributed by atoms with van der Waals surface area (Å²) >= 11 is 0. The monoisotopic (exact) mass is 199 g/mol. The van der Waals surface area contributed by atoms with Crippen molar-refractivity contribution < 1.29 is 4.21 Å². The van der Waals surface area contributed by atoms with Crippen LogP contribution in [-0.4, -0.2) is 4.21 Å². The number of rotatable bonds is 1. The molecule has 0 aliphatic rings. The number of nitriles is 1. The maximum Gasteiger partial charge on any atom is 0.147 e. The van der Waals surface area contributed by atoms with E-state index in [-0.39, 0.29) is 0 Å². The lowest BCUT2D eigenvalue weighted by molar-refractivity contribution is 0.690. The SMILES string of the molecule is Cc1ccc(C#N)cc1S(=O)Cl. The van der Waals surface area contributed by atoms with E-state index in [1.165, 1.54) is 0 Å². The third-order valence-corrected chi connectivity index (χ3v) is 2.77. The summed E-state index contributed by atoms with van der Waals surface area (Å²) in [6.07, 6.45) is 0. The van der Waals surface area contributed by atoms with Gasteiger partial charge < -0.3 is 0 Å². The molecule has 1 unspecified atom stereocenters. The molecule has 0 fully saturated rings. The van der Waals surface area contributed by atoms with Gasteiger partial charge in [-0.3, -0.25) is 0 Å². The van der Waals surface area contributed by atoms with Crippen LogP contribution in [0.5, 0.6) is 0 Å². The van der Waals surface area contributed by atoms with E-state index in [1.807, 2.05) is 6.07 Å². The minimum absolute atomic E-state index is 0.476. The minimum Gasteiger partial charge on any atom is -0.237 e. The Labute approximate surface area is 77.7 Å². The molecule has 0 aliphatic carbocycles. The molecule has 0 heterocycles. The molecule has 12 heavy (non-hydrogen) atoms. The van der Waals surface area contributed by atoms with E-state index in [0.29, 0.717) is 10.5 Å². The van der Waals surface area contributed by atoms with Crippen LogP contribution in [0.2, 0.25) is 0 Å². The van der Waals surface area contributed by atoms with E-state index in [2.05, 4.69) is 0 Å². The summed E-state index contributed by atoms with van der Waals surface area (Å²) in [5.74, 6) is 0. The molecule has 1 rings (SSSR count). The Balaban J connectivity index is 3.28. The Morgan fingerprint density at radius 2 is 2.25 bits per heavy atom. The maximum atomic E-state index is 10.9. The Hall–Kier alpha value is -0.850. The molecule has 0 aromatic heterocycles. The summed E-state index contributed by atoms with van der Waals surface area (Å²) in [5, 5.41) is 8.54. The standard InChI is InChI=1S/C8H6ClNOS/c1-6-2-3-7(5-10)4-8(6)12(9)11/h2-4H,1H3. The van der Waals surface area contributed by atoms with Gasteiger partial charge in [0.2, 0.25) is 0 Å². The third kappa shape index (κ3) is 1.84. The van der Waals surface area contributed by atoms with Gasteiger partial charge in [-0.2, -0.15) is 5.26 Å². The van der Waals surface area contributed by atoms with Gasteiger partial charge in [0.25, 0.3) is 0 Å². The van der Waals surface area contributed by atoms with Gasteiger partial charge in [0, 0.05) is 0 Å². The third-order valence-electron chi connectivity index (χ3n) is 1.49. The zero-order valence-corrected chi connectivity index (χ0v) is 7.95. The van der Waals surface area contributed by atoms with Crippen LogP contribution in [0.25, 0.3) is 0 Å². The van der Waals surface area contributed by atoms with E-state index in [4.69, 9.17) is 15.9 Å². The number of nitrogens with zero attached hydrogens (tertiary/aromatic N) is 1. The average molecular weight is 200 g/mol. The molecule has 0 saturated carbocycles. The molecule has 0 spiro atoms. The highest BCUT2D eigenvalue weighted by Gasteiger charge is 2.04. The summed E-state index contributed by atoms with van der Waals surface area (Å²) < 4.78 is 10.9. The smallest absolute Gasteiger partial charge is 0.147 e. The van der Waals surface area contributed by atoms with Crippen molar-refractivity contribution in [2.45, 2.75) is 11.8 Å². The fourth-order valence-corrected chi connectivity index (χ4v) is 1.88. The van der Waals surface area contributed by atoms with Crippen molar-refractivity contribution >= 4 is 20.7 Å². The molecular weight excluding hydrogens is 194 g/mol. The number of halogens is 1. The van der Waals surface area contributed by atoms with Crippen molar-refractivity contribution in [3.63, 3.8) is 0 Å². The van der Waals surface area contributed by atoms with Gasteiger partial charge >= 0.3 is 0 Å². The van der Waals surface area contributed by atoms with Gasteiger partial charge in [-0.25, -0.2) is 4.21 Å². The molecule has 0 bridgehead atoms. The topological polar surface area (TPSA) is 40.9 Å². The van der Waals surface area contributed by atoms with Crippen LogP contribution in [0.15, 0.2) is 23.1 Å². The maximum absolute atomic E-state index is 10.9. The van der Waals surface area contributed by atoms with Crippen molar-refractivity contribution in [1.29, 1.82) is 5.26 Å². The fourth-order valence-electron chi connectivity index (χ4n) is 0.843. The van der Waals surface area contributed by atoms with Crippen LogP contribution in [0.1, 0.15) is 11.1 Å². The lowest BCUT2D eigenvalue weighted by Gasteiger charge is -1.99. The zero-order chi connectivity index (χ0) is 9.14. The minimum atomic E-state index is -1.53. The number of hydrogen-bond acceptors (Lipinski definition) is 2. The van der Waals surface area contributed by atoms with E-state index < -0.39 is 10.0 Å². The Kier molecular flexibility index (Phi) is 2.85. The highest BCUT2D eigenvalue weighted by molar-refractivity contribution is 8.08. The molecule has 0 saturated heterocycles. The van der Waals surface area contributed by atoms with Crippen molar-refractivity contribution in [1.82, 2.24) is 0 Å². The van der Waals surface area contributed by atoms with Gasteiger partial charge in [0.1, 0.15) is 10.0 Å². The second-order valence-corrected chi connectivity index (χ2v) is 4.04. The predicted molar refractivity (Wildman–Crippen MR) is 48.2 cm³/mol. The van der Waals surface area contributed by atoms with Crippen molar-refractivity contribution in [3.8, 4) is 6.07 Å². The van der Waals surface area contributed by atoms with Gasteiger partial charge in [-0.1, -0.05) is 6.07 Å². The first-order valence-corrected chi connectivity index (χ1v) is 5.21. The van der Waals surface area contributed by atoms with Crippen molar-refractivity contribution in [2.24, 2.45) is 0 Å². The molecule has 0 amide bonds. The van der Waals surface area contributed by atoms with Crippen LogP contribution < -0.4 is 0 Å². The summed E-state index contributed by atoms with van der Waals surface area (Å²) in [6.45, 7) is 1.80. The normalized spacial score (nSPS) is 12.1. The summed E-state index contributed by atoms with van der Waals surface area (Å²) in [5.41, 5.74) is 1.31. The Morgan fingerprint density at radius 3 is 2.75 bits per heavy atom. The highest BCUT2D eigenvalue weighted by atomic mass is 35.7. The van der Waals surface area contributed by atoms with Crippen molar-refractivity contribution in [3.05, 3.63) is 29.3 Å². The van der Waals surface area contributed by atoms with Gasteiger partial charge in [0.05, 0.1) is 16.5 Å². The first kappa shape index (κ1) is 9.24.